The molecule has 0 atom stereocenters. The highest BCUT2D eigenvalue weighted by atomic mass is 16.6. The fourth-order valence-electron chi connectivity index (χ4n) is 1.77. The number of carbonyl (C=O) groups excluding carboxylic acids is 1. The number of hydrogen-bond acceptors (Lipinski definition) is 4. The summed E-state index contributed by atoms with van der Waals surface area (Å²) in [5, 5.41) is 16.6. The van der Waals surface area contributed by atoms with Gasteiger partial charge in [-0.25, -0.2) is 0 Å². The van der Waals surface area contributed by atoms with Gasteiger partial charge in [0.15, 0.2) is 0 Å². The van der Waals surface area contributed by atoms with Crippen molar-refractivity contribution in [3.63, 3.8) is 0 Å². The van der Waals surface area contributed by atoms with E-state index in [0.29, 0.717) is 12.2 Å². The Morgan fingerprint density at radius 3 is 2.50 bits per heavy atom. The van der Waals surface area contributed by atoms with E-state index >= 15 is 0 Å². The Hall–Kier alpha value is -2.11. The van der Waals surface area contributed by atoms with Crippen LogP contribution >= 0.6 is 0 Å². The van der Waals surface area contributed by atoms with E-state index < -0.39 is 10.8 Å². The van der Waals surface area contributed by atoms with Gasteiger partial charge < -0.3 is 10.6 Å². The molecule has 0 fully saturated rings. The predicted molar refractivity (Wildman–Crippen MR) is 79.0 cm³/mol. The molecule has 0 aromatic heterocycles. The van der Waals surface area contributed by atoms with Crippen molar-refractivity contribution in [1.82, 2.24) is 5.32 Å². The van der Waals surface area contributed by atoms with Gasteiger partial charge in [0.05, 0.1) is 4.92 Å². The molecule has 0 heterocycles. The van der Waals surface area contributed by atoms with Crippen LogP contribution in [0.3, 0.4) is 0 Å². The fraction of sp³-hybridized carbons (Fsp3) is 0.500. The van der Waals surface area contributed by atoms with Crippen LogP contribution in [0.4, 0.5) is 11.4 Å². The van der Waals surface area contributed by atoms with Crippen molar-refractivity contribution in [2.45, 2.75) is 27.2 Å². The topological polar surface area (TPSA) is 84.3 Å². The highest BCUT2D eigenvalue weighted by molar-refractivity contribution is 6.00. The van der Waals surface area contributed by atoms with Gasteiger partial charge in [0, 0.05) is 13.6 Å². The number of nitrogens with one attached hydrogen (secondary N) is 2. The third-order valence-electron chi connectivity index (χ3n) is 2.89. The standard InChI is InChI=1S/C14H21N3O3/c1-14(2,3)8-9-16-13(18)10-6-5-7-11(15-4)12(10)17(19)20/h5-7,15H,8-9H2,1-4H3,(H,16,18). The molecule has 0 aliphatic rings. The maximum absolute atomic E-state index is 12.1. The second-order valence-electron chi connectivity index (χ2n) is 5.78. The number of amides is 1. The first kappa shape index (κ1) is 15.9. The van der Waals surface area contributed by atoms with E-state index in [1.165, 1.54) is 6.07 Å². The minimum Gasteiger partial charge on any atom is -0.383 e. The van der Waals surface area contributed by atoms with Crippen LogP contribution in [0.1, 0.15) is 37.6 Å². The Bertz CT molecular complexity index is 507. The first-order chi connectivity index (χ1) is 9.26. The summed E-state index contributed by atoms with van der Waals surface area (Å²) in [6.45, 7) is 6.71. The Morgan fingerprint density at radius 1 is 1.35 bits per heavy atom. The molecule has 0 aliphatic carbocycles. The summed E-state index contributed by atoms with van der Waals surface area (Å²) in [4.78, 5) is 22.7. The summed E-state index contributed by atoms with van der Waals surface area (Å²) in [6.07, 6.45) is 0.804. The Labute approximate surface area is 118 Å². The number of para-hydroxylation sites is 1. The zero-order chi connectivity index (χ0) is 15.3. The molecule has 0 aliphatic heterocycles. The molecular weight excluding hydrogens is 258 g/mol. The summed E-state index contributed by atoms with van der Waals surface area (Å²) >= 11 is 0. The molecule has 20 heavy (non-hydrogen) atoms. The Kier molecular flexibility index (Phi) is 5.07. The number of hydrogen-bond donors (Lipinski definition) is 2. The van der Waals surface area contributed by atoms with Gasteiger partial charge >= 0.3 is 5.69 Å². The lowest BCUT2D eigenvalue weighted by molar-refractivity contribution is -0.384. The van der Waals surface area contributed by atoms with Crippen molar-refractivity contribution >= 4 is 17.3 Å². The molecule has 0 radical (unpaired) electrons. The van der Waals surface area contributed by atoms with Gasteiger partial charge in [0.25, 0.3) is 5.91 Å². The number of nitro groups is 1. The minimum atomic E-state index is -0.537. The fourth-order valence-corrected chi connectivity index (χ4v) is 1.77. The maximum atomic E-state index is 12.1. The Morgan fingerprint density at radius 2 is 2.00 bits per heavy atom. The van der Waals surface area contributed by atoms with Crippen molar-refractivity contribution < 1.29 is 9.72 Å². The van der Waals surface area contributed by atoms with E-state index in [2.05, 4.69) is 31.4 Å². The molecule has 0 saturated carbocycles. The maximum Gasteiger partial charge on any atom is 0.305 e. The van der Waals surface area contributed by atoms with E-state index in [0.717, 1.165) is 6.42 Å². The molecule has 1 aromatic carbocycles. The van der Waals surface area contributed by atoms with Gasteiger partial charge in [-0.15, -0.1) is 0 Å². The lowest BCUT2D eigenvalue weighted by Gasteiger charge is -2.18. The zero-order valence-corrected chi connectivity index (χ0v) is 12.3. The molecule has 0 saturated heterocycles. The van der Waals surface area contributed by atoms with Crippen molar-refractivity contribution in [1.29, 1.82) is 0 Å². The predicted octanol–water partition coefficient (Wildman–Crippen LogP) is 2.80. The van der Waals surface area contributed by atoms with Crippen molar-refractivity contribution in [3.8, 4) is 0 Å². The molecule has 6 heteroatoms. The average molecular weight is 279 g/mol. The first-order valence-corrected chi connectivity index (χ1v) is 6.49. The molecule has 110 valence electrons. The number of nitro benzene ring substituents is 1. The molecule has 1 rings (SSSR count). The summed E-state index contributed by atoms with van der Waals surface area (Å²) in [7, 11) is 1.59. The van der Waals surface area contributed by atoms with Gasteiger partial charge in [0.1, 0.15) is 11.3 Å². The number of rotatable bonds is 5. The van der Waals surface area contributed by atoms with Crippen LogP contribution in [0.5, 0.6) is 0 Å². The van der Waals surface area contributed by atoms with Crippen molar-refractivity contribution in [2.24, 2.45) is 5.41 Å². The van der Waals surface area contributed by atoms with Gasteiger partial charge in [-0.3, -0.25) is 14.9 Å². The molecule has 0 unspecified atom stereocenters. The quantitative estimate of drug-likeness (QED) is 0.641. The van der Waals surface area contributed by atoms with Crippen LogP contribution in [-0.4, -0.2) is 24.4 Å². The minimum absolute atomic E-state index is 0.0794. The van der Waals surface area contributed by atoms with Crippen LogP contribution in [0.2, 0.25) is 0 Å². The second kappa shape index (κ2) is 6.36. The van der Waals surface area contributed by atoms with Crippen LogP contribution in [0.15, 0.2) is 18.2 Å². The zero-order valence-electron chi connectivity index (χ0n) is 12.3. The number of anilines is 1. The molecule has 2 N–H and O–H groups in total. The van der Waals surface area contributed by atoms with Gasteiger partial charge in [-0.2, -0.15) is 0 Å². The summed E-state index contributed by atoms with van der Waals surface area (Å²) in [5.74, 6) is -0.418. The molecule has 1 amide bonds. The lowest BCUT2D eigenvalue weighted by atomic mass is 9.92. The van der Waals surface area contributed by atoms with Crippen molar-refractivity contribution in [3.05, 3.63) is 33.9 Å². The number of carbonyl (C=O) groups is 1. The third kappa shape index (κ3) is 4.22. The van der Waals surface area contributed by atoms with Crippen molar-refractivity contribution in [2.75, 3.05) is 18.9 Å². The van der Waals surface area contributed by atoms with Gasteiger partial charge in [-0.05, 0) is 24.0 Å². The van der Waals surface area contributed by atoms with Crippen LogP contribution < -0.4 is 10.6 Å². The first-order valence-electron chi connectivity index (χ1n) is 6.49. The monoisotopic (exact) mass is 279 g/mol. The molecule has 1 aromatic rings. The highest BCUT2D eigenvalue weighted by Crippen LogP contribution is 2.28. The normalized spacial score (nSPS) is 11.0. The smallest absolute Gasteiger partial charge is 0.305 e. The summed E-state index contributed by atoms with van der Waals surface area (Å²) in [6, 6.07) is 4.66. The lowest BCUT2D eigenvalue weighted by Crippen LogP contribution is -2.28. The number of nitrogens with zero attached hydrogens (tertiary/aromatic N) is 1. The van der Waals surface area contributed by atoms with Crippen LogP contribution in [0, 0.1) is 15.5 Å². The van der Waals surface area contributed by atoms with Crippen LogP contribution in [0.25, 0.3) is 0 Å². The van der Waals surface area contributed by atoms with E-state index in [4.69, 9.17) is 0 Å². The van der Waals surface area contributed by atoms with Crippen LogP contribution in [-0.2, 0) is 0 Å². The second-order valence-corrected chi connectivity index (χ2v) is 5.78. The third-order valence-corrected chi connectivity index (χ3v) is 2.89. The SMILES string of the molecule is CNc1cccc(C(=O)NCCC(C)(C)C)c1[N+](=O)[O-]. The number of benzene rings is 1. The summed E-state index contributed by atoms with van der Waals surface area (Å²) in [5.41, 5.74) is 0.323. The Balaban J connectivity index is 2.90. The molecule has 0 bridgehead atoms. The van der Waals surface area contributed by atoms with Gasteiger partial charge in [-0.1, -0.05) is 26.8 Å². The highest BCUT2D eigenvalue weighted by Gasteiger charge is 2.24. The average Bonchev–Trinajstić information content (AvgIpc) is 2.35. The molecular formula is C14H21N3O3. The van der Waals surface area contributed by atoms with Gasteiger partial charge in [0.2, 0.25) is 0 Å². The molecule has 6 nitrogen and oxygen atoms in total. The largest absolute Gasteiger partial charge is 0.383 e. The molecule has 0 spiro atoms. The van der Waals surface area contributed by atoms with E-state index in [9.17, 15) is 14.9 Å². The summed E-state index contributed by atoms with van der Waals surface area (Å²) < 4.78 is 0. The van der Waals surface area contributed by atoms with E-state index in [-0.39, 0.29) is 16.7 Å². The van der Waals surface area contributed by atoms with E-state index in [1.54, 1.807) is 19.2 Å². The van der Waals surface area contributed by atoms with E-state index in [1.807, 2.05) is 0 Å².